The Balaban J connectivity index is 1.20. The molecule has 2 nitrogen and oxygen atoms in total. The first-order valence-electron chi connectivity index (χ1n) is 23.8. The van der Waals surface area contributed by atoms with E-state index >= 15 is 0 Å². The highest BCUT2D eigenvalue weighted by molar-refractivity contribution is 5.98. The molecular weight excluding hydrogens is 785 g/mol. The van der Waals surface area contributed by atoms with Gasteiger partial charge in [0.25, 0.3) is 0 Å². The number of hydrogen-bond acceptors (Lipinski definition) is 2. The Hall–Kier alpha value is -6.22. The van der Waals surface area contributed by atoms with E-state index in [9.17, 15) is 0 Å². The number of nitrogens with two attached hydrogens (primary N) is 1. The van der Waals surface area contributed by atoms with Crippen molar-refractivity contribution < 1.29 is 0 Å². The van der Waals surface area contributed by atoms with Gasteiger partial charge in [-0.1, -0.05) is 189 Å². The van der Waals surface area contributed by atoms with Crippen LogP contribution in [0.2, 0.25) is 0 Å². The van der Waals surface area contributed by atoms with Crippen LogP contribution in [0.15, 0.2) is 164 Å². The summed E-state index contributed by atoms with van der Waals surface area (Å²) >= 11 is 0. The number of anilines is 3. The number of nitrogens with zero attached hydrogens (tertiary/aromatic N) is 1. The Morgan fingerprint density at radius 1 is 0.477 bits per heavy atom. The first-order valence-corrected chi connectivity index (χ1v) is 23.8. The summed E-state index contributed by atoms with van der Waals surface area (Å²) in [5, 5.41) is 0. The molecule has 4 aliphatic rings. The van der Waals surface area contributed by atoms with Gasteiger partial charge in [-0.15, -0.1) is 0 Å². The normalized spacial score (nSPS) is 19.8. The Morgan fingerprint density at radius 2 is 0.938 bits per heavy atom. The highest BCUT2D eigenvalue weighted by atomic mass is 15.1. The van der Waals surface area contributed by atoms with Crippen molar-refractivity contribution >= 4 is 22.6 Å². The first-order chi connectivity index (χ1) is 31.0. The molecular formula is C63H62N2. The van der Waals surface area contributed by atoms with E-state index in [1.54, 1.807) is 0 Å². The molecule has 11 rings (SSSR count). The lowest BCUT2D eigenvalue weighted by molar-refractivity contribution is 0.440. The van der Waals surface area contributed by atoms with E-state index in [4.69, 9.17) is 5.73 Å². The van der Waals surface area contributed by atoms with Crippen molar-refractivity contribution in [3.05, 3.63) is 214 Å². The Labute approximate surface area is 387 Å². The number of fused-ring (bicyclic) bond motifs is 13. The molecule has 7 aromatic rings. The average Bonchev–Trinajstić information content (AvgIpc) is 3.82. The van der Waals surface area contributed by atoms with E-state index in [1.807, 2.05) is 0 Å². The quantitative estimate of drug-likeness (QED) is 0.191. The topological polar surface area (TPSA) is 29.3 Å². The average molecular weight is 847 g/mol. The summed E-state index contributed by atoms with van der Waals surface area (Å²) in [6, 6.07) is 56.5. The highest BCUT2D eigenvalue weighted by Gasteiger charge is 2.52. The minimum Gasteiger partial charge on any atom is -0.325 e. The van der Waals surface area contributed by atoms with Crippen LogP contribution in [0, 0.1) is 0 Å². The number of para-hydroxylation sites is 1. The van der Waals surface area contributed by atoms with Gasteiger partial charge in [-0.3, -0.25) is 0 Å². The third kappa shape index (κ3) is 6.31. The fourth-order valence-electron chi connectivity index (χ4n) is 11.8. The SMILES string of the molecule is CC1(N)C/C=C\C(c2ccccc2N(c2ccc3c(c2)C(C)(C)c2ccccc2-3)c2ccc3c(c2)C2(c4ccccc4-3)c3cc(C(C)(C)C)ccc3-c3ccc(C(C)(C)C)cc32)=C/CC1. The summed E-state index contributed by atoms with van der Waals surface area (Å²) in [6.07, 6.45) is 9.71. The van der Waals surface area contributed by atoms with Crippen molar-refractivity contribution in [3.8, 4) is 33.4 Å². The van der Waals surface area contributed by atoms with Gasteiger partial charge in [0, 0.05) is 27.9 Å². The molecule has 0 saturated carbocycles. The minimum absolute atomic E-state index is 0.0190. The van der Waals surface area contributed by atoms with Gasteiger partial charge in [0.15, 0.2) is 0 Å². The van der Waals surface area contributed by atoms with Crippen LogP contribution in [0.5, 0.6) is 0 Å². The number of benzene rings is 7. The number of rotatable bonds is 4. The molecule has 0 aliphatic heterocycles. The molecule has 0 radical (unpaired) electrons. The van der Waals surface area contributed by atoms with E-state index in [0.717, 1.165) is 36.3 Å². The maximum absolute atomic E-state index is 6.71. The zero-order valence-corrected chi connectivity index (χ0v) is 39.7. The van der Waals surface area contributed by atoms with Crippen LogP contribution in [-0.2, 0) is 21.7 Å². The predicted molar refractivity (Wildman–Crippen MR) is 276 cm³/mol. The zero-order chi connectivity index (χ0) is 45.3. The molecule has 0 amide bonds. The van der Waals surface area contributed by atoms with E-state index in [1.165, 1.54) is 89.0 Å². The molecule has 1 unspecified atom stereocenters. The lowest BCUT2D eigenvalue weighted by Crippen LogP contribution is -2.35. The van der Waals surface area contributed by atoms with Crippen molar-refractivity contribution in [1.82, 2.24) is 0 Å². The minimum atomic E-state index is -0.512. The summed E-state index contributed by atoms with van der Waals surface area (Å²) < 4.78 is 0. The van der Waals surface area contributed by atoms with Crippen LogP contribution in [0.25, 0.3) is 39.0 Å². The second kappa shape index (κ2) is 14.4. The highest BCUT2D eigenvalue weighted by Crippen LogP contribution is 2.64. The maximum Gasteiger partial charge on any atom is 0.0726 e. The van der Waals surface area contributed by atoms with Crippen molar-refractivity contribution in [3.63, 3.8) is 0 Å². The van der Waals surface area contributed by atoms with Crippen molar-refractivity contribution in [1.29, 1.82) is 0 Å². The van der Waals surface area contributed by atoms with Gasteiger partial charge in [-0.25, -0.2) is 0 Å². The monoisotopic (exact) mass is 846 g/mol. The van der Waals surface area contributed by atoms with E-state index in [0.29, 0.717) is 0 Å². The maximum atomic E-state index is 6.71. The van der Waals surface area contributed by atoms with Crippen LogP contribution in [-0.4, -0.2) is 5.54 Å². The largest absolute Gasteiger partial charge is 0.325 e. The van der Waals surface area contributed by atoms with E-state index < -0.39 is 5.41 Å². The fraction of sp³-hybridized carbons (Fsp3) is 0.270. The molecule has 2 N–H and O–H groups in total. The second-order valence-corrected chi connectivity index (χ2v) is 22.3. The van der Waals surface area contributed by atoms with Crippen LogP contribution in [0.4, 0.5) is 17.1 Å². The molecule has 2 heteroatoms. The number of hydrogen-bond donors (Lipinski definition) is 1. The van der Waals surface area contributed by atoms with Gasteiger partial charge in [0.05, 0.1) is 11.1 Å². The van der Waals surface area contributed by atoms with Gasteiger partial charge >= 0.3 is 0 Å². The lowest BCUT2D eigenvalue weighted by atomic mass is 9.68. The molecule has 4 aliphatic carbocycles. The predicted octanol–water partition coefficient (Wildman–Crippen LogP) is 16.2. The number of allylic oxidation sites excluding steroid dienone is 3. The van der Waals surface area contributed by atoms with E-state index in [-0.39, 0.29) is 21.8 Å². The Morgan fingerprint density at radius 3 is 1.54 bits per heavy atom. The third-order valence-electron chi connectivity index (χ3n) is 15.4. The van der Waals surface area contributed by atoms with Gasteiger partial charge in [-0.2, -0.15) is 0 Å². The van der Waals surface area contributed by atoms with Crippen LogP contribution < -0.4 is 10.6 Å². The van der Waals surface area contributed by atoms with Gasteiger partial charge in [0.2, 0.25) is 0 Å². The van der Waals surface area contributed by atoms with Gasteiger partial charge in [0.1, 0.15) is 0 Å². The molecule has 1 atom stereocenters. The van der Waals surface area contributed by atoms with Crippen molar-refractivity contribution in [2.24, 2.45) is 5.73 Å². The molecule has 0 heterocycles. The van der Waals surface area contributed by atoms with Crippen molar-refractivity contribution in [2.45, 2.75) is 109 Å². The molecule has 0 fully saturated rings. The van der Waals surface area contributed by atoms with Crippen LogP contribution in [0.3, 0.4) is 0 Å². The van der Waals surface area contributed by atoms with Crippen LogP contribution >= 0.6 is 0 Å². The molecule has 1 spiro atoms. The van der Waals surface area contributed by atoms with Gasteiger partial charge < -0.3 is 10.6 Å². The first kappa shape index (κ1) is 41.5. The summed E-state index contributed by atoms with van der Waals surface area (Å²) in [5.74, 6) is 0. The summed E-state index contributed by atoms with van der Waals surface area (Å²) in [5.41, 5.74) is 30.6. The molecule has 0 bridgehead atoms. The molecule has 324 valence electrons. The summed E-state index contributed by atoms with van der Waals surface area (Å²) in [7, 11) is 0. The lowest BCUT2D eigenvalue weighted by Gasteiger charge is -2.34. The van der Waals surface area contributed by atoms with E-state index in [2.05, 4.69) is 231 Å². The second-order valence-electron chi connectivity index (χ2n) is 22.3. The summed E-state index contributed by atoms with van der Waals surface area (Å²) in [6.45, 7) is 21.0. The molecule has 7 aromatic carbocycles. The summed E-state index contributed by atoms with van der Waals surface area (Å²) in [4.78, 5) is 2.56. The molecule has 0 saturated heterocycles. The molecule has 65 heavy (non-hydrogen) atoms. The molecule has 0 aromatic heterocycles. The smallest absolute Gasteiger partial charge is 0.0726 e. The standard InChI is InChI=1S/C63H62N2/c1-59(2,3)41-26-30-49-50-31-27-42(60(4,5)6)37-56(50)63(55(49)36-41)53-24-14-11-22-47(53)51-33-29-44(39-57(51)63)65(43-28-32-48-46-21-10-13-23-52(46)61(7,8)54(48)38-43)58-25-15-12-20-45(58)40-18-16-34-62(9,64)35-17-19-40/h10-16,18-33,36-39H,17,34-35,64H2,1-9H3/b18-16-,40-19+. The van der Waals surface area contributed by atoms with Crippen LogP contribution in [0.1, 0.15) is 132 Å². The Bertz CT molecular complexity index is 3090. The zero-order valence-electron chi connectivity index (χ0n) is 39.7. The van der Waals surface area contributed by atoms with Crippen molar-refractivity contribution in [2.75, 3.05) is 4.90 Å². The third-order valence-corrected chi connectivity index (χ3v) is 15.4. The fourth-order valence-corrected chi connectivity index (χ4v) is 11.8. The Kier molecular flexibility index (Phi) is 9.18. The van der Waals surface area contributed by atoms with Gasteiger partial charge in [-0.05, 0) is 151 Å².